The lowest BCUT2D eigenvalue weighted by atomic mass is 10.1. The fraction of sp³-hybridized carbons (Fsp3) is 0.625. The Morgan fingerprint density at radius 3 is 2.16 bits per heavy atom. The van der Waals surface area contributed by atoms with Crippen molar-refractivity contribution in [3.8, 4) is 0 Å². The maximum Gasteiger partial charge on any atom is 0.317 e. The predicted octanol–water partition coefficient (Wildman–Crippen LogP) is 3.15. The first-order chi connectivity index (χ1) is 15.2. The van der Waals surface area contributed by atoms with Crippen LogP contribution in [0.25, 0.3) is 0 Å². The highest BCUT2D eigenvalue weighted by atomic mass is 16.2. The summed E-state index contributed by atoms with van der Waals surface area (Å²) >= 11 is 0. The van der Waals surface area contributed by atoms with Crippen molar-refractivity contribution in [1.82, 2.24) is 15.1 Å². The summed E-state index contributed by atoms with van der Waals surface area (Å²) in [5, 5.41) is 5.83. The Morgan fingerprint density at radius 1 is 1.00 bits per heavy atom. The molecule has 8 nitrogen and oxygen atoms in total. The predicted molar refractivity (Wildman–Crippen MR) is 129 cm³/mol. The molecule has 1 saturated heterocycles. The number of hydrogen-bond acceptors (Lipinski definition) is 4. The molecular weight excluding hydrogens is 406 g/mol. The highest BCUT2D eigenvalue weighted by Gasteiger charge is 2.22. The molecule has 32 heavy (non-hydrogen) atoms. The molecule has 0 bridgehead atoms. The number of nitrogens with zero attached hydrogens (tertiary/aromatic N) is 3. The van der Waals surface area contributed by atoms with Crippen LogP contribution in [0.1, 0.15) is 47.5 Å². The van der Waals surface area contributed by atoms with Crippen LogP contribution >= 0.6 is 0 Å². The quantitative estimate of drug-likeness (QED) is 0.612. The molecule has 0 radical (unpaired) electrons. The number of carbonyl (C=O) groups is 3. The first-order valence-corrected chi connectivity index (χ1v) is 11.7. The van der Waals surface area contributed by atoms with Gasteiger partial charge >= 0.3 is 6.03 Å². The third-order valence-electron chi connectivity index (χ3n) is 5.26. The van der Waals surface area contributed by atoms with Crippen molar-refractivity contribution >= 4 is 29.2 Å². The molecule has 1 aromatic carbocycles. The molecule has 0 unspecified atom stereocenters. The molecule has 4 amide bonds. The lowest BCUT2D eigenvalue weighted by Gasteiger charge is -2.36. The second kappa shape index (κ2) is 12.3. The van der Waals surface area contributed by atoms with Crippen LogP contribution in [0, 0.1) is 5.92 Å². The van der Waals surface area contributed by atoms with Crippen LogP contribution in [-0.4, -0.2) is 73.0 Å². The minimum atomic E-state index is -0.187. The fourth-order valence-electron chi connectivity index (χ4n) is 3.68. The van der Waals surface area contributed by atoms with E-state index in [0.29, 0.717) is 31.7 Å². The van der Waals surface area contributed by atoms with Gasteiger partial charge in [-0.15, -0.1) is 0 Å². The van der Waals surface area contributed by atoms with E-state index in [2.05, 4.69) is 15.5 Å². The van der Waals surface area contributed by atoms with Crippen LogP contribution in [0.3, 0.4) is 0 Å². The summed E-state index contributed by atoms with van der Waals surface area (Å²) in [7, 11) is 0. The van der Waals surface area contributed by atoms with Gasteiger partial charge in [0.25, 0.3) is 0 Å². The lowest BCUT2D eigenvalue weighted by Crippen LogP contribution is -2.52. The Balaban J connectivity index is 1.86. The van der Waals surface area contributed by atoms with Gasteiger partial charge < -0.3 is 25.3 Å². The molecule has 178 valence electrons. The van der Waals surface area contributed by atoms with Crippen LogP contribution in [-0.2, 0) is 9.59 Å². The third kappa shape index (κ3) is 8.05. The van der Waals surface area contributed by atoms with Crippen molar-refractivity contribution in [2.45, 2.75) is 53.5 Å². The Bertz CT molecular complexity index is 755. The summed E-state index contributed by atoms with van der Waals surface area (Å²) in [6, 6.07) is 7.84. The van der Waals surface area contributed by atoms with E-state index in [9.17, 15) is 14.4 Å². The standard InChI is InChI=1S/C24H39N5O3/c1-6-11-29(23(31)16-18(2)3)17-22(30)26-20-7-9-21(10-8-20)27-12-14-28(15-13-27)24(32)25-19(4)5/h7-10,18-19H,6,11-17H2,1-5H3,(H,25,32)(H,26,30). The molecule has 8 heteroatoms. The summed E-state index contributed by atoms with van der Waals surface area (Å²) in [6.07, 6.45) is 1.27. The van der Waals surface area contributed by atoms with Gasteiger partial charge in [0.05, 0.1) is 6.54 Å². The van der Waals surface area contributed by atoms with Crippen LogP contribution in [0.4, 0.5) is 16.2 Å². The highest BCUT2D eigenvalue weighted by Crippen LogP contribution is 2.20. The number of carbonyl (C=O) groups excluding carboxylic acids is 3. The lowest BCUT2D eigenvalue weighted by molar-refractivity contribution is -0.135. The van der Waals surface area contributed by atoms with Crippen molar-refractivity contribution in [1.29, 1.82) is 0 Å². The van der Waals surface area contributed by atoms with Crippen LogP contribution in [0.2, 0.25) is 0 Å². The number of benzene rings is 1. The Hall–Kier alpha value is -2.77. The Kier molecular flexibility index (Phi) is 9.81. The van der Waals surface area contributed by atoms with Gasteiger partial charge in [0.15, 0.2) is 0 Å². The second-order valence-electron chi connectivity index (χ2n) is 9.09. The van der Waals surface area contributed by atoms with E-state index in [4.69, 9.17) is 0 Å². The number of amides is 4. The van der Waals surface area contributed by atoms with Gasteiger partial charge in [0.2, 0.25) is 11.8 Å². The number of nitrogens with one attached hydrogen (secondary N) is 2. The molecule has 2 rings (SSSR count). The van der Waals surface area contributed by atoms with Crippen molar-refractivity contribution < 1.29 is 14.4 Å². The number of hydrogen-bond donors (Lipinski definition) is 2. The molecule has 1 aliphatic rings. The van der Waals surface area contributed by atoms with E-state index in [1.807, 2.05) is 63.8 Å². The minimum Gasteiger partial charge on any atom is -0.368 e. The van der Waals surface area contributed by atoms with E-state index in [-0.39, 0.29) is 36.3 Å². The Labute approximate surface area is 192 Å². The highest BCUT2D eigenvalue weighted by molar-refractivity contribution is 5.94. The zero-order valence-corrected chi connectivity index (χ0v) is 20.2. The van der Waals surface area contributed by atoms with Gasteiger partial charge in [0.1, 0.15) is 0 Å². The topological polar surface area (TPSA) is 85.0 Å². The first-order valence-electron chi connectivity index (χ1n) is 11.7. The monoisotopic (exact) mass is 445 g/mol. The van der Waals surface area contributed by atoms with Crippen molar-refractivity contribution in [3.05, 3.63) is 24.3 Å². The van der Waals surface area contributed by atoms with Gasteiger partial charge in [-0.25, -0.2) is 4.79 Å². The summed E-state index contributed by atoms with van der Waals surface area (Å²) in [6.45, 7) is 13.5. The zero-order valence-electron chi connectivity index (χ0n) is 20.2. The summed E-state index contributed by atoms with van der Waals surface area (Å²) in [5.74, 6) is 0.102. The van der Waals surface area contributed by atoms with Gasteiger partial charge in [-0.3, -0.25) is 9.59 Å². The molecule has 1 heterocycles. The van der Waals surface area contributed by atoms with Gasteiger partial charge in [-0.1, -0.05) is 20.8 Å². The maximum atomic E-state index is 12.5. The molecule has 1 aromatic rings. The SMILES string of the molecule is CCCN(CC(=O)Nc1ccc(N2CCN(C(=O)NC(C)C)CC2)cc1)C(=O)CC(C)C. The number of piperazine rings is 1. The molecule has 0 atom stereocenters. The molecule has 2 N–H and O–H groups in total. The van der Waals surface area contributed by atoms with Gasteiger partial charge in [0, 0.05) is 56.6 Å². The average molecular weight is 446 g/mol. The molecule has 0 spiro atoms. The van der Waals surface area contributed by atoms with Crippen LogP contribution in [0.5, 0.6) is 0 Å². The summed E-state index contributed by atoms with van der Waals surface area (Å²) in [5.41, 5.74) is 1.77. The zero-order chi connectivity index (χ0) is 23.7. The van der Waals surface area contributed by atoms with E-state index in [1.54, 1.807) is 4.90 Å². The minimum absolute atomic E-state index is 0.0123. The smallest absolute Gasteiger partial charge is 0.317 e. The third-order valence-corrected chi connectivity index (χ3v) is 5.26. The molecule has 0 aliphatic carbocycles. The van der Waals surface area contributed by atoms with Crippen LogP contribution < -0.4 is 15.5 Å². The second-order valence-corrected chi connectivity index (χ2v) is 9.09. The normalized spacial score (nSPS) is 14.0. The van der Waals surface area contributed by atoms with E-state index >= 15 is 0 Å². The fourth-order valence-corrected chi connectivity index (χ4v) is 3.68. The van der Waals surface area contributed by atoms with E-state index < -0.39 is 0 Å². The molecular formula is C24H39N5O3. The van der Waals surface area contributed by atoms with E-state index in [1.165, 1.54) is 0 Å². The van der Waals surface area contributed by atoms with Crippen molar-refractivity contribution in [2.75, 3.05) is 49.5 Å². The largest absolute Gasteiger partial charge is 0.368 e. The summed E-state index contributed by atoms with van der Waals surface area (Å²) in [4.78, 5) is 42.7. The van der Waals surface area contributed by atoms with E-state index in [0.717, 1.165) is 25.2 Å². The molecule has 1 fully saturated rings. The average Bonchev–Trinajstić information content (AvgIpc) is 2.73. The van der Waals surface area contributed by atoms with Gasteiger partial charge in [-0.2, -0.15) is 0 Å². The molecule has 0 saturated carbocycles. The summed E-state index contributed by atoms with van der Waals surface area (Å²) < 4.78 is 0. The van der Waals surface area contributed by atoms with Crippen molar-refractivity contribution in [3.63, 3.8) is 0 Å². The Morgan fingerprint density at radius 2 is 1.62 bits per heavy atom. The molecule has 1 aliphatic heterocycles. The van der Waals surface area contributed by atoms with Crippen molar-refractivity contribution in [2.24, 2.45) is 5.92 Å². The number of urea groups is 1. The first kappa shape index (κ1) is 25.5. The van der Waals surface area contributed by atoms with Crippen LogP contribution in [0.15, 0.2) is 24.3 Å². The molecule has 0 aromatic heterocycles. The number of rotatable bonds is 9. The maximum absolute atomic E-state index is 12.5. The van der Waals surface area contributed by atoms with Gasteiger partial charge in [-0.05, 0) is 50.5 Å². The number of anilines is 2.